The molecule has 1 heterocycles. The number of carbonyl (C=O) groups is 1. The summed E-state index contributed by atoms with van der Waals surface area (Å²) >= 11 is 0. The Labute approximate surface area is 123 Å². The smallest absolute Gasteiger partial charge is 0.343 e. The molecule has 6 heteroatoms. The van der Waals surface area contributed by atoms with Crippen LogP contribution in [0.15, 0.2) is 54.6 Å². The molecule has 0 N–H and O–H groups in total. The lowest BCUT2D eigenvalue weighted by molar-refractivity contribution is -0.187. The van der Waals surface area contributed by atoms with Crippen LogP contribution in [0, 0.1) is 5.82 Å². The maximum Gasteiger partial charge on any atom is 0.424 e. The lowest BCUT2D eigenvalue weighted by Gasteiger charge is -2.17. The van der Waals surface area contributed by atoms with Crippen molar-refractivity contribution in [1.82, 2.24) is 0 Å². The van der Waals surface area contributed by atoms with Crippen molar-refractivity contribution in [3.8, 4) is 0 Å². The number of rotatable bonds is 3. The number of epoxide rings is 1. The van der Waals surface area contributed by atoms with Crippen molar-refractivity contribution >= 4 is 5.78 Å². The Balaban J connectivity index is 1.96. The zero-order chi connectivity index (χ0) is 16.0. The van der Waals surface area contributed by atoms with Crippen molar-refractivity contribution in [2.45, 2.75) is 17.9 Å². The Bertz CT molecular complexity index is 694. The summed E-state index contributed by atoms with van der Waals surface area (Å²) in [5.74, 6) is -1.39. The Morgan fingerprint density at radius 1 is 1.00 bits per heavy atom. The summed E-state index contributed by atoms with van der Waals surface area (Å²) in [6, 6.07) is 11.3. The molecule has 2 aromatic carbocycles. The summed E-state index contributed by atoms with van der Waals surface area (Å²) in [5, 5.41) is 0. The van der Waals surface area contributed by atoms with Gasteiger partial charge in [-0.25, -0.2) is 4.39 Å². The van der Waals surface area contributed by atoms with E-state index < -0.39 is 29.5 Å². The van der Waals surface area contributed by atoms with Gasteiger partial charge in [0, 0.05) is 5.56 Å². The molecule has 22 heavy (non-hydrogen) atoms. The van der Waals surface area contributed by atoms with E-state index in [1.165, 1.54) is 24.3 Å². The van der Waals surface area contributed by atoms with E-state index in [9.17, 15) is 22.4 Å². The molecular formula is C16H10F4O2. The fourth-order valence-corrected chi connectivity index (χ4v) is 2.44. The lowest BCUT2D eigenvalue weighted by atomic mass is 9.91. The molecule has 2 atom stereocenters. The fourth-order valence-electron chi connectivity index (χ4n) is 2.44. The molecule has 114 valence electrons. The van der Waals surface area contributed by atoms with Gasteiger partial charge in [0.2, 0.25) is 5.60 Å². The highest BCUT2D eigenvalue weighted by Gasteiger charge is 2.76. The van der Waals surface area contributed by atoms with Crippen LogP contribution in [0.5, 0.6) is 0 Å². The molecular weight excluding hydrogens is 300 g/mol. The van der Waals surface area contributed by atoms with E-state index in [0.717, 1.165) is 24.3 Å². The molecule has 3 rings (SSSR count). The third-order valence-electron chi connectivity index (χ3n) is 3.61. The molecule has 2 unspecified atom stereocenters. The number of halogens is 4. The topological polar surface area (TPSA) is 29.6 Å². The second-order valence-corrected chi connectivity index (χ2v) is 4.97. The van der Waals surface area contributed by atoms with Gasteiger partial charge in [-0.05, 0) is 29.8 Å². The first-order chi connectivity index (χ1) is 10.4. The second kappa shape index (κ2) is 4.91. The van der Waals surface area contributed by atoms with Gasteiger partial charge in [-0.2, -0.15) is 13.2 Å². The molecule has 1 fully saturated rings. The van der Waals surface area contributed by atoms with E-state index in [0.29, 0.717) is 0 Å². The number of ether oxygens (including phenoxy) is 1. The zero-order valence-corrected chi connectivity index (χ0v) is 11.1. The first-order valence-corrected chi connectivity index (χ1v) is 6.46. The third kappa shape index (κ3) is 2.20. The second-order valence-electron chi connectivity index (χ2n) is 4.97. The van der Waals surface area contributed by atoms with Gasteiger partial charge >= 0.3 is 6.18 Å². The summed E-state index contributed by atoms with van der Waals surface area (Å²) in [6.07, 6.45) is -6.38. The number of hydrogen-bond acceptors (Lipinski definition) is 2. The van der Waals surface area contributed by atoms with Crippen LogP contribution in [0.3, 0.4) is 0 Å². The Kier molecular flexibility index (Phi) is 3.29. The van der Waals surface area contributed by atoms with E-state index in [2.05, 4.69) is 0 Å². The van der Waals surface area contributed by atoms with Crippen molar-refractivity contribution < 1.29 is 27.1 Å². The summed E-state index contributed by atoms with van der Waals surface area (Å²) in [4.78, 5) is 12.2. The normalized spacial score (nSPS) is 24.1. The fraction of sp³-hybridized carbons (Fsp3) is 0.188. The van der Waals surface area contributed by atoms with E-state index in [4.69, 9.17) is 4.74 Å². The van der Waals surface area contributed by atoms with Gasteiger partial charge in [-0.15, -0.1) is 0 Å². The number of Topliss-reactive ketones (excluding diaryl/α,β-unsaturated/α-hetero) is 1. The van der Waals surface area contributed by atoms with E-state index in [-0.39, 0.29) is 11.1 Å². The van der Waals surface area contributed by atoms with Gasteiger partial charge in [-0.1, -0.05) is 30.3 Å². The van der Waals surface area contributed by atoms with Gasteiger partial charge < -0.3 is 4.74 Å². The highest BCUT2D eigenvalue weighted by atomic mass is 19.4. The van der Waals surface area contributed by atoms with Gasteiger partial charge in [-0.3, -0.25) is 4.79 Å². The summed E-state index contributed by atoms with van der Waals surface area (Å²) in [6.45, 7) is 0. The Morgan fingerprint density at radius 3 is 2.14 bits per heavy atom. The lowest BCUT2D eigenvalue weighted by Crippen LogP contribution is -2.35. The zero-order valence-electron chi connectivity index (χ0n) is 11.1. The average molecular weight is 310 g/mol. The van der Waals surface area contributed by atoms with Gasteiger partial charge in [0.1, 0.15) is 5.82 Å². The molecule has 1 saturated heterocycles. The minimum absolute atomic E-state index is 0.0199. The van der Waals surface area contributed by atoms with Crippen molar-refractivity contribution in [3.05, 3.63) is 71.5 Å². The standard InChI is InChI=1S/C16H10F4O2/c17-12-8-6-10(7-9-12)13(21)14-15(22-14,16(18,19)20)11-4-2-1-3-5-11/h1-9,14H. The molecule has 1 aliphatic rings. The number of alkyl halides is 3. The maximum atomic E-state index is 13.4. The average Bonchev–Trinajstić information content (AvgIpc) is 3.25. The Hall–Kier alpha value is -2.21. The first-order valence-electron chi connectivity index (χ1n) is 6.46. The molecule has 0 aromatic heterocycles. The maximum absolute atomic E-state index is 13.4. The molecule has 2 aromatic rings. The van der Waals surface area contributed by atoms with E-state index in [1.54, 1.807) is 6.07 Å². The SMILES string of the molecule is O=C(c1ccc(F)cc1)C1OC1(c1ccccc1)C(F)(F)F. The highest BCUT2D eigenvalue weighted by molar-refractivity contribution is 6.02. The van der Waals surface area contributed by atoms with E-state index in [1.807, 2.05) is 0 Å². The van der Waals surface area contributed by atoms with E-state index >= 15 is 0 Å². The van der Waals surface area contributed by atoms with Crippen LogP contribution in [0.1, 0.15) is 15.9 Å². The van der Waals surface area contributed by atoms with Gasteiger partial charge in [0.15, 0.2) is 11.9 Å². The Morgan fingerprint density at radius 2 is 1.59 bits per heavy atom. The minimum atomic E-state index is -4.73. The number of hydrogen-bond donors (Lipinski definition) is 0. The van der Waals surface area contributed by atoms with Crippen LogP contribution in [0.4, 0.5) is 17.6 Å². The summed E-state index contributed by atoms with van der Waals surface area (Å²) < 4.78 is 58.0. The molecule has 0 radical (unpaired) electrons. The summed E-state index contributed by atoms with van der Waals surface area (Å²) in [5.41, 5.74) is -2.77. The third-order valence-corrected chi connectivity index (χ3v) is 3.61. The number of benzene rings is 2. The van der Waals surface area contributed by atoms with Crippen molar-refractivity contribution in [3.63, 3.8) is 0 Å². The monoisotopic (exact) mass is 310 g/mol. The van der Waals surface area contributed by atoms with Gasteiger partial charge in [0.05, 0.1) is 0 Å². The van der Waals surface area contributed by atoms with Crippen molar-refractivity contribution in [1.29, 1.82) is 0 Å². The number of carbonyl (C=O) groups excluding carboxylic acids is 1. The largest absolute Gasteiger partial charge is 0.424 e. The minimum Gasteiger partial charge on any atom is -0.343 e. The first kappa shape index (κ1) is 14.7. The molecule has 0 spiro atoms. The predicted octanol–water partition coefficient (Wildman–Crippen LogP) is 3.87. The van der Waals surface area contributed by atoms with Crippen LogP contribution in [-0.4, -0.2) is 18.1 Å². The van der Waals surface area contributed by atoms with Crippen molar-refractivity contribution in [2.24, 2.45) is 0 Å². The van der Waals surface area contributed by atoms with Crippen LogP contribution in [-0.2, 0) is 10.3 Å². The molecule has 0 bridgehead atoms. The summed E-state index contributed by atoms with van der Waals surface area (Å²) in [7, 11) is 0. The van der Waals surface area contributed by atoms with Gasteiger partial charge in [0.25, 0.3) is 0 Å². The van der Waals surface area contributed by atoms with Crippen LogP contribution < -0.4 is 0 Å². The molecule has 0 saturated carbocycles. The predicted molar refractivity (Wildman–Crippen MR) is 69.8 cm³/mol. The van der Waals surface area contributed by atoms with Crippen LogP contribution >= 0.6 is 0 Å². The molecule has 0 amide bonds. The quantitative estimate of drug-likeness (QED) is 0.489. The highest BCUT2D eigenvalue weighted by Crippen LogP contribution is 2.58. The molecule has 2 nitrogen and oxygen atoms in total. The molecule has 1 aliphatic heterocycles. The van der Waals surface area contributed by atoms with Crippen molar-refractivity contribution in [2.75, 3.05) is 0 Å². The van der Waals surface area contributed by atoms with Crippen LogP contribution in [0.2, 0.25) is 0 Å². The number of ketones is 1. The molecule has 0 aliphatic carbocycles. The van der Waals surface area contributed by atoms with Crippen LogP contribution in [0.25, 0.3) is 0 Å².